The highest BCUT2D eigenvalue weighted by Crippen LogP contribution is 2.22. The van der Waals surface area contributed by atoms with E-state index in [0.717, 1.165) is 24.9 Å². The van der Waals surface area contributed by atoms with Gasteiger partial charge in [-0.05, 0) is 30.4 Å². The summed E-state index contributed by atoms with van der Waals surface area (Å²) in [6.07, 6.45) is 2.84. The summed E-state index contributed by atoms with van der Waals surface area (Å²) in [5, 5.41) is 3.24. The van der Waals surface area contributed by atoms with Gasteiger partial charge < -0.3 is 15.8 Å². The van der Waals surface area contributed by atoms with Crippen LogP contribution in [0.4, 0.5) is 5.69 Å². The highest BCUT2D eigenvalue weighted by atomic mass is 16.5. The molecule has 4 heteroatoms. The van der Waals surface area contributed by atoms with E-state index in [1.54, 1.807) is 7.11 Å². The van der Waals surface area contributed by atoms with Gasteiger partial charge >= 0.3 is 0 Å². The number of aryl methyl sites for hydroxylation is 2. The fourth-order valence-corrected chi connectivity index (χ4v) is 1.98. The second-order valence-electron chi connectivity index (χ2n) is 4.40. The summed E-state index contributed by atoms with van der Waals surface area (Å²) in [6, 6.07) is 6.34. The number of methoxy groups -OCH3 is 1. The zero-order valence-electron chi connectivity index (χ0n) is 12.2. The van der Waals surface area contributed by atoms with Crippen LogP contribution in [0.2, 0.25) is 0 Å². The van der Waals surface area contributed by atoms with Gasteiger partial charge in [0.1, 0.15) is 0 Å². The molecule has 0 aromatic heterocycles. The number of hydrogen-bond donors (Lipinski definition) is 2. The Kier molecular flexibility index (Phi) is 6.97. The predicted octanol–water partition coefficient (Wildman–Crippen LogP) is 2.57. The van der Waals surface area contributed by atoms with Gasteiger partial charge in [-0.25, -0.2) is 0 Å². The van der Waals surface area contributed by atoms with Gasteiger partial charge in [-0.15, -0.1) is 0 Å². The lowest BCUT2D eigenvalue weighted by Gasteiger charge is -2.14. The van der Waals surface area contributed by atoms with Crippen molar-refractivity contribution in [1.82, 2.24) is 0 Å². The lowest BCUT2D eigenvalue weighted by atomic mass is 10.0. The van der Waals surface area contributed by atoms with Crippen molar-refractivity contribution < 1.29 is 4.74 Å². The molecule has 0 atom stereocenters. The van der Waals surface area contributed by atoms with Crippen molar-refractivity contribution in [3.05, 3.63) is 29.3 Å². The molecule has 106 valence electrons. The van der Waals surface area contributed by atoms with Crippen LogP contribution in [0.3, 0.4) is 0 Å². The summed E-state index contributed by atoms with van der Waals surface area (Å²) >= 11 is 0. The van der Waals surface area contributed by atoms with E-state index in [2.05, 4.69) is 42.4 Å². The van der Waals surface area contributed by atoms with Gasteiger partial charge in [-0.2, -0.15) is 0 Å². The lowest BCUT2D eigenvalue weighted by Crippen LogP contribution is -2.24. The van der Waals surface area contributed by atoms with E-state index in [-0.39, 0.29) is 0 Å². The number of nitrogens with two attached hydrogens (primary N) is 1. The van der Waals surface area contributed by atoms with E-state index >= 15 is 0 Å². The molecular formula is C15H25N3O. The molecule has 3 N–H and O–H groups in total. The number of rotatable bonds is 7. The Morgan fingerprint density at radius 1 is 1.26 bits per heavy atom. The third-order valence-electron chi connectivity index (χ3n) is 3.04. The molecule has 0 aliphatic rings. The number of aliphatic imine (C=N–C) groups is 1. The Balaban J connectivity index is 2.74. The molecule has 0 radical (unpaired) electrons. The third kappa shape index (κ3) is 4.91. The van der Waals surface area contributed by atoms with Crippen LogP contribution in [0.15, 0.2) is 23.2 Å². The van der Waals surface area contributed by atoms with E-state index in [0.29, 0.717) is 19.1 Å². The van der Waals surface area contributed by atoms with E-state index in [1.165, 1.54) is 11.1 Å². The summed E-state index contributed by atoms with van der Waals surface area (Å²) in [5.41, 5.74) is 9.59. The normalized spacial score (nSPS) is 11.6. The molecule has 0 bridgehead atoms. The van der Waals surface area contributed by atoms with Gasteiger partial charge in [-0.1, -0.05) is 32.0 Å². The molecule has 0 unspecified atom stereocenters. The van der Waals surface area contributed by atoms with Crippen molar-refractivity contribution in [3.63, 3.8) is 0 Å². The van der Waals surface area contributed by atoms with Crippen LogP contribution >= 0.6 is 0 Å². The molecule has 0 spiro atoms. The van der Waals surface area contributed by atoms with Gasteiger partial charge in [0.2, 0.25) is 0 Å². The molecule has 0 saturated carbocycles. The quantitative estimate of drug-likeness (QED) is 0.451. The number of nitrogens with zero attached hydrogens (tertiary/aromatic N) is 1. The zero-order chi connectivity index (χ0) is 14.1. The van der Waals surface area contributed by atoms with Crippen LogP contribution in [0.1, 0.15) is 31.4 Å². The summed E-state index contributed by atoms with van der Waals surface area (Å²) in [5.74, 6) is 0.478. The maximum absolute atomic E-state index is 5.93. The molecule has 0 fully saturated rings. The van der Waals surface area contributed by atoms with E-state index in [4.69, 9.17) is 10.5 Å². The molecule has 0 aliphatic heterocycles. The molecular weight excluding hydrogens is 238 g/mol. The number of anilines is 1. The van der Waals surface area contributed by atoms with Crippen molar-refractivity contribution in [2.24, 2.45) is 10.7 Å². The minimum Gasteiger partial charge on any atom is -0.385 e. The number of benzene rings is 1. The maximum atomic E-state index is 5.93. The van der Waals surface area contributed by atoms with Gasteiger partial charge in [0.15, 0.2) is 5.96 Å². The third-order valence-corrected chi connectivity index (χ3v) is 3.04. The van der Waals surface area contributed by atoms with Gasteiger partial charge in [0.25, 0.3) is 0 Å². The average molecular weight is 263 g/mol. The fourth-order valence-electron chi connectivity index (χ4n) is 1.98. The van der Waals surface area contributed by atoms with Crippen molar-refractivity contribution in [2.75, 3.05) is 25.6 Å². The van der Waals surface area contributed by atoms with Crippen LogP contribution < -0.4 is 11.1 Å². The standard InChI is InChI=1S/C15H25N3O/c1-4-12-8-6-9-13(5-2)14(12)18-15(16)17-10-7-11-19-3/h6,8-9H,4-5,7,10-11H2,1-3H3,(H3,16,17,18). The first-order valence-electron chi connectivity index (χ1n) is 6.89. The Hall–Kier alpha value is -1.55. The molecule has 1 rings (SSSR count). The summed E-state index contributed by atoms with van der Waals surface area (Å²) < 4.78 is 4.98. The number of hydrogen-bond acceptors (Lipinski definition) is 2. The first kappa shape index (κ1) is 15.5. The largest absolute Gasteiger partial charge is 0.385 e. The Bertz CT molecular complexity index is 394. The fraction of sp³-hybridized carbons (Fsp3) is 0.533. The molecule has 1 aromatic carbocycles. The van der Waals surface area contributed by atoms with E-state index in [1.807, 2.05) is 0 Å². The summed E-state index contributed by atoms with van der Waals surface area (Å²) in [4.78, 5) is 4.31. The summed E-state index contributed by atoms with van der Waals surface area (Å²) in [7, 11) is 1.69. The monoisotopic (exact) mass is 263 g/mol. The van der Waals surface area contributed by atoms with Crippen LogP contribution in [0.25, 0.3) is 0 Å². The average Bonchev–Trinajstić information content (AvgIpc) is 2.43. The number of guanidine groups is 1. The molecule has 0 heterocycles. The van der Waals surface area contributed by atoms with Crippen LogP contribution in [-0.2, 0) is 17.6 Å². The van der Waals surface area contributed by atoms with E-state index < -0.39 is 0 Å². The maximum Gasteiger partial charge on any atom is 0.193 e. The molecule has 1 aromatic rings. The Labute approximate surface area is 116 Å². The molecule has 0 aliphatic carbocycles. The second-order valence-corrected chi connectivity index (χ2v) is 4.40. The van der Waals surface area contributed by atoms with Gasteiger partial charge in [0, 0.05) is 25.9 Å². The molecule has 0 amide bonds. The number of para-hydroxylation sites is 1. The predicted molar refractivity (Wildman–Crippen MR) is 81.8 cm³/mol. The van der Waals surface area contributed by atoms with Crippen molar-refractivity contribution in [3.8, 4) is 0 Å². The number of nitrogens with one attached hydrogen (secondary N) is 1. The minimum atomic E-state index is 0.478. The zero-order valence-corrected chi connectivity index (χ0v) is 12.2. The summed E-state index contributed by atoms with van der Waals surface area (Å²) in [6.45, 7) is 5.68. The second kappa shape index (κ2) is 8.53. The highest BCUT2D eigenvalue weighted by Gasteiger charge is 2.06. The van der Waals surface area contributed by atoms with Crippen LogP contribution in [0.5, 0.6) is 0 Å². The Morgan fingerprint density at radius 2 is 1.89 bits per heavy atom. The molecule has 0 saturated heterocycles. The van der Waals surface area contributed by atoms with Gasteiger partial charge in [0.05, 0.1) is 0 Å². The van der Waals surface area contributed by atoms with E-state index in [9.17, 15) is 0 Å². The smallest absolute Gasteiger partial charge is 0.193 e. The number of ether oxygens (including phenoxy) is 1. The van der Waals surface area contributed by atoms with Crippen LogP contribution in [-0.4, -0.2) is 26.2 Å². The first-order chi connectivity index (χ1) is 9.22. The Morgan fingerprint density at radius 3 is 2.42 bits per heavy atom. The van der Waals surface area contributed by atoms with Gasteiger partial charge in [-0.3, -0.25) is 4.99 Å². The lowest BCUT2D eigenvalue weighted by molar-refractivity contribution is 0.197. The molecule has 19 heavy (non-hydrogen) atoms. The van der Waals surface area contributed by atoms with Crippen LogP contribution in [0, 0.1) is 0 Å². The first-order valence-corrected chi connectivity index (χ1v) is 6.89. The highest BCUT2D eigenvalue weighted by molar-refractivity contribution is 5.93. The molecule has 4 nitrogen and oxygen atoms in total. The van der Waals surface area contributed by atoms with Crippen molar-refractivity contribution >= 4 is 11.6 Å². The SMILES string of the molecule is CCc1cccc(CC)c1NC(N)=NCCCOC. The van der Waals surface area contributed by atoms with Crippen molar-refractivity contribution in [2.45, 2.75) is 33.1 Å². The van der Waals surface area contributed by atoms with Crippen molar-refractivity contribution in [1.29, 1.82) is 0 Å². The topological polar surface area (TPSA) is 59.6 Å². The minimum absolute atomic E-state index is 0.478.